The summed E-state index contributed by atoms with van der Waals surface area (Å²) < 4.78 is 0. The molecule has 92 valence electrons. The monoisotopic (exact) mass is 267 g/mol. The Morgan fingerprint density at radius 3 is 2.94 bits per heavy atom. The van der Waals surface area contributed by atoms with Gasteiger partial charge in [0.1, 0.15) is 0 Å². The second-order valence-electron chi connectivity index (χ2n) is 4.00. The van der Waals surface area contributed by atoms with Gasteiger partial charge in [0.15, 0.2) is 0 Å². The molecule has 0 bridgehead atoms. The zero-order chi connectivity index (χ0) is 12.1. The van der Waals surface area contributed by atoms with Crippen LogP contribution in [-0.4, -0.2) is 20.9 Å². The summed E-state index contributed by atoms with van der Waals surface area (Å²) in [6, 6.07) is 0. The van der Waals surface area contributed by atoms with Gasteiger partial charge >= 0.3 is 0 Å². The number of hydrogen-bond acceptors (Lipinski definition) is 4. The maximum atomic E-state index is 4.44. The molecule has 2 aromatic heterocycles. The minimum atomic E-state index is 1.10. The standard InChI is InChI=1S/C12H17N3S2/c1-9-12(17-10(2)15-9)8-16-5-3-4-11-6-13-14-7-11/h6-7H,3-5,8H2,1-2H3,(H,13,14). The third-order valence-corrected chi connectivity index (χ3v) is 4.87. The van der Waals surface area contributed by atoms with Gasteiger partial charge in [0.05, 0.1) is 16.9 Å². The molecule has 2 heterocycles. The van der Waals surface area contributed by atoms with Crippen LogP contribution in [0, 0.1) is 13.8 Å². The quantitative estimate of drug-likeness (QED) is 0.816. The van der Waals surface area contributed by atoms with E-state index >= 15 is 0 Å². The van der Waals surface area contributed by atoms with E-state index in [0.29, 0.717) is 0 Å². The lowest BCUT2D eigenvalue weighted by molar-refractivity contribution is 0.934. The van der Waals surface area contributed by atoms with Crippen LogP contribution in [0.2, 0.25) is 0 Å². The molecule has 0 atom stereocenters. The van der Waals surface area contributed by atoms with Gasteiger partial charge in [-0.2, -0.15) is 16.9 Å². The number of nitrogens with one attached hydrogen (secondary N) is 1. The molecule has 0 radical (unpaired) electrons. The molecule has 0 aliphatic heterocycles. The smallest absolute Gasteiger partial charge is 0.0900 e. The lowest BCUT2D eigenvalue weighted by atomic mass is 10.2. The highest BCUT2D eigenvalue weighted by Gasteiger charge is 2.04. The summed E-state index contributed by atoms with van der Waals surface area (Å²) in [6.07, 6.45) is 6.20. The number of aromatic amines is 1. The Morgan fingerprint density at radius 2 is 2.29 bits per heavy atom. The van der Waals surface area contributed by atoms with E-state index in [-0.39, 0.29) is 0 Å². The zero-order valence-electron chi connectivity index (χ0n) is 10.2. The second kappa shape index (κ2) is 6.21. The normalized spacial score (nSPS) is 10.9. The van der Waals surface area contributed by atoms with Crippen LogP contribution in [0.3, 0.4) is 0 Å². The van der Waals surface area contributed by atoms with Gasteiger partial charge in [-0.05, 0) is 38.0 Å². The van der Waals surface area contributed by atoms with Crippen LogP contribution >= 0.6 is 23.1 Å². The van der Waals surface area contributed by atoms with E-state index in [1.54, 1.807) is 0 Å². The number of thiazole rings is 1. The molecule has 3 nitrogen and oxygen atoms in total. The van der Waals surface area contributed by atoms with Gasteiger partial charge in [-0.3, -0.25) is 5.10 Å². The Balaban J connectivity index is 1.65. The highest BCUT2D eigenvalue weighted by Crippen LogP contribution is 2.23. The van der Waals surface area contributed by atoms with Crippen molar-refractivity contribution < 1.29 is 0 Å². The Bertz CT molecular complexity index is 448. The van der Waals surface area contributed by atoms with Crippen molar-refractivity contribution in [2.24, 2.45) is 0 Å². The summed E-state index contributed by atoms with van der Waals surface area (Å²) in [4.78, 5) is 5.87. The molecule has 1 N–H and O–H groups in total. The maximum absolute atomic E-state index is 4.44. The number of aromatic nitrogens is 3. The molecule has 0 unspecified atom stereocenters. The summed E-state index contributed by atoms with van der Waals surface area (Å²) in [5.41, 5.74) is 2.50. The predicted octanol–water partition coefficient (Wildman–Crippen LogP) is 3.35. The van der Waals surface area contributed by atoms with E-state index in [4.69, 9.17) is 0 Å². The largest absolute Gasteiger partial charge is 0.285 e. The molecule has 5 heteroatoms. The fraction of sp³-hybridized carbons (Fsp3) is 0.500. The molecule has 0 spiro atoms. The molecule has 0 saturated carbocycles. The molecule has 2 aromatic rings. The van der Waals surface area contributed by atoms with Crippen molar-refractivity contribution in [3.05, 3.63) is 33.5 Å². The summed E-state index contributed by atoms with van der Waals surface area (Å²) in [5.74, 6) is 2.30. The molecular weight excluding hydrogens is 250 g/mol. The predicted molar refractivity (Wildman–Crippen MR) is 74.7 cm³/mol. The van der Waals surface area contributed by atoms with Gasteiger partial charge in [0.25, 0.3) is 0 Å². The van der Waals surface area contributed by atoms with Crippen molar-refractivity contribution >= 4 is 23.1 Å². The minimum absolute atomic E-state index is 1.10. The van der Waals surface area contributed by atoms with Gasteiger partial charge in [-0.15, -0.1) is 11.3 Å². The SMILES string of the molecule is Cc1nc(C)c(CSCCCc2cn[nH]c2)s1. The minimum Gasteiger partial charge on any atom is -0.285 e. The molecule has 0 aliphatic rings. The second-order valence-corrected chi connectivity index (χ2v) is 6.40. The van der Waals surface area contributed by atoms with E-state index in [0.717, 1.165) is 12.2 Å². The zero-order valence-corrected chi connectivity index (χ0v) is 11.8. The number of H-pyrrole nitrogens is 1. The first-order chi connectivity index (χ1) is 8.25. The summed E-state index contributed by atoms with van der Waals surface area (Å²) >= 11 is 3.82. The van der Waals surface area contributed by atoms with Crippen LogP contribution < -0.4 is 0 Å². The first-order valence-corrected chi connectivity index (χ1v) is 7.71. The average molecular weight is 267 g/mol. The molecule has 2 rings (SSSR count). The van der Waals surface area contributed by atoms with Crippen LogP contribution in [0.25, 0.3) is 0 Å². The molecule has 17 heavy (non-hydrogen) atoms. The fourth-order valence-corrected chi connectivity index (χ4v) is 3.77. The van der Waals surface area contributed by atoms with Gasteiger partial charge in [0, 0.05) is 16.8 Å². The average Bonchev–Trinajstić information content (AvgIpc) is 2.89. The first kappa shape index (κ1) is 12.6. The third-order valence-electron chi connectivity index (χ3n) is 2.54. The third kappa shape index (κ3) is 3.85. The topological polar surface area (TPSA) is 41.6 Å². The number of hydrogen-bond donors (Lipinski definition) is 1. The van der Waals surface area contributed by atoms with Crippen LogP contribution in [-0.2, 0) is 12.2 Å². The Morgan fingerprint density at radius 1 is 1.41 bits per heavy atom. The van der Waals surface area contributed by atoms with Crippen molar-refractivity contribution in [3.8, 4) is 0 Å². The van der Waals surface area contributed by atoms with E-state index in [1.165, 1.54) is 33.3 Å². The van der Waals surface area contributed by atoms with Gasteiger partial charge in [0.2, 0.25) is 0 Å². The first-order valence-electron chi connectivity index (χ1n) is 5.74. The van der Waals surface area contributed by atoms with Gasteiger partial charge < -0.3 is 0 Å². The maximum Gasteiger partial charge on any atom is 0.0900 e. The van der Waals surface area contributed by atoms with Crippen LogP contribution in [0.5, 0.6) is 0 Å². The fourth-order valence-electron chi connectivity index (χ4n) is 1.66. The highest BCUT2D eigenvalue weighted by molar-refractivity contribution is 7.98. The molecule has 0 aliphatic carbocycles. The highest BCUT2D eigenvalue weighted by atomic mass is 32.2. The Labute approximate surface area is 110 Å². The van der Waals surface area contributed by atoms with Crippen molar-refractivity contribution in [2.75, 3.05) is 5.75 Å². The van der Waals surface area contributed by atoms with E-state index < -0.39 is 0 Å². The number of nitrogens with zero attached hydrogens (tertiary/aromatic N) is 2. The molecular formula is C12H17N3S2. The number of rotatable bonds is 6. The molecule has 0 aromatic carbocycles. The Kier molecular flexibility index (Phi) is 4.62. The lowest BCUT2D eigenvalue weighted by Gasteiger charge is -1.99. The summed E-state index contributed by atoms with van der Waals surface area (Å²) in [6.45, 7) is 4.18. The van der Waals surface area contributed by atoms with E-state index in [2.05, 4.69) is 29.0 Å². The Hall–Kier alpha value is -0.810. The van der Waals surface area contributed by atoms with Gasteiger partial charge in [-0.25, -0.2) is 4.98 Å². The summed E-state index contributed by atoms with van der Waals surface area (Å²) in [5, 5.41) is 7.97. The van der Waals surface area contributed by atoms with Crippen molar-refractivity contribution in [3.63, 3.8) is 0 Å². The number of aryl methyl sites for hydroxylation is 3. The summed E-state index contributed by atoms with van der Waals surface area (Å²) in [7, 11) is 0. The van der Waals surface area contributed by atoms with Crippen LogP contribution in [0.15, 0.2) is 12.4 Å². The van der Waals surface area contributed by atoms with Crippen LogP contribution in [0.4, 0.5) is 0 Å². The van der Waals surface area contributed by atoms with Crippen molar-refractivity contribution in [1.29, 1.82) is 0 Å². The lowest BCUT2D eigenvalue weighted by Crippen LogP contribution is -1.87. The molecule has 0 amide bonds. The van der Waals surface area contributed by atoms with Crippen molar-refractivity contribution in [1.82, 2.24) is 15.2 Å². The van der Waals surface area contributed by atoms with Crippen LogP contribution in [0.1, 0.15) is 27.6 Å². The van der Waals surface area contributed by atoms with Crippen molar-refractivity contribution in [2.45, 2.75) is 32.4 Å². The number of thioether (sulfide) groups is 1. The van der Waals surface area contributed by atoms with Gasteiger partial charge in [-0.1, -0.05) is 0 Å². The van der Waals surface area contributed by atoms with E-state index in [9.17, 15) is 0 Å². The molecule has 0 fully saturated rings. The van der Waals surface area contributed by atoms with E-state index in [1.807, 2.05) is 35.5 Å². The molecule has 0 saturated heterocycles.